The molecule has 1 aromatic carbocycles. The molecule has 1 aromatic rings. The third kappa shape index (κ3) is 3.92. The highest BCUT2D eigenvalue weighted by molar-refractivity contribution is 7.87. The lowest BCUT2D eigenvalue weighted by Crippen LogP contribution is -2.44. The summed E-state index contributed by atoms with van der Waals surface area (Å²) >= 11 is 0. The SMILES string of the molecule is CC1CCN(S(=O)(=O)NCc2cccc(N)c2)CC1. The van der Waals surface area contributed by atoms with E-state index in [2.05, 4.69) is 11.6 Å². The van der Waals surface area contributed by atoms with Crippen LogP contribution in [0.5, 0.6) is 0 Å². The standard InChI is InChI=1S/C13H21N3O2S/c1-11-5-7-16(8-6-11)19(17,18)15-10-12-3-2-4-13(14)9-12/h2-4,9,11,15H,5-8,10,14H2,1H3. The van der Waals surface area contributed by atoms with Crippen LogP contribution in [0, 0.1) is 5.92 Å². The molecule has 2 rings (SSSR count). The Kier molecular flexibility index (Phi) is 4.44. The molecule has 0 bridgehead atoms. The predicted molar refractivity (Wildman–Crippen MR) is 76.6 cm³/mol. The van der Waals surface area contributed by atoms with Gasteiger partial charge in [0.05, 0.1) is 0 Å². The Balaban J connectivity index is 1.94. The fourth-order valence-electron chi connectivity index (χ4n) is 2.19. The molecular formula is C13H21N3O2S. The van der Waals surface area contributed by atoms with Crippen LogP contribution < -0.4 is 10.5 Å². The summed E-state index contributed by atoms with van der Waals surface area (Å²) in [6, 6.07) is 7.24. The van der Waals surface area contributed by atoms with Gasteiger partial charge in [0.25, 0.3) is 10.2 Å². The number of piperidine rings is 1. The number of rotatable bonds is 4. The fraction of sp³-hybridized carbons (Fsp3) is 0.538. The van der Waals surface area contributed by atoms with E-state index in [9.17, 15) is 8.42 Å². The Morgan fingerprint density at radius 2 is 2.05 bits per heavy atom. The van der Waals surface area contributed by atoms with E-state index >= 15 is 0 Å². The summed E-state index contributed by atoms with van der Waals surface area (Å²) in [6.07, 6.45) is 1.86. The van der Waals surface area contributed by atoms with E-state index < -0.39 is 10.2 Å². The Hall–Kier alpha value is -1.11. The molecular weight excluding hydrogens is 262 g/mol. The van der Waals surface area contributed by atoms with Crippen molar-refractivity contribution in [3.8, 4) is 0 Å². The molecule has 0 atom stereocenters. The van der Waals surface area contributed by atoms with Gasteiger partial charge >= 0.3 is 0 Å². The van der Waals surface area contributed by atoms with Crippen molar-refractivity contribution in [3.05, 3.63) is 29.8 Å². The van der Waals surface area contributed by atoms with Gasteiger partial charge in [-0.05, 0) is 36.5 Å². The first kappa shape index (κ1) is 14.3. The Labute approximate surface area is 115 Å². The summed E-state index contributed by atoms with van der Waals surface area (Å²) < 4.78 is 28.4. The number of hydrogen-bond acceptors (Lipinski definition) is 3. The molecule has 1 fully saturated rings. The van der Waals surface area contributed by atoms with Crippen LogP contribution in [0.2, 0.25) is 0 Å². The lowest BCUT2D eigenvalue weighted by Gasteiger charge is -2.29. The van der Waals surface area contributed by atoms with E-state index in [1.54, 1.807) is 12.1 Å². The van der Waals surface area contributed by atoms with E-state index in [0.717, 1.165) is 18.4 Å². The summed E-state index contributed by atoms with van der Waals surface area (Å²) in [4.78, 5) is 0. The van der Waals surface area contributed by atoms with Crippen molar-refractivity contribution in [2.24, 2.45) is 5.92 Å². The Morgan fingerprint density at radius 1 is 1.37 bits per heavy atom. The third-order valence-corrected chi connectivity index (χ3v) is 5.05. The second-order valence-corrected chi connectivity index (χ2v) is 6.91. The van der Waals surface area contributed by atoms with Gasteiger partial charge in [0, 0.05) is 25.3 Å². The molecule has 6 heteroatoms. The average molecular weight is 283 g/mol. The molecule has 106 valence electrons. The van der Waals surface area contributed by atoms with Crippen molar-refractivity contribution in [3.63, 3.8) is 0 Å². The number of nitrogens with two attached hydrogens (primary N) is 1. The van der Waals surface area contributed by atoms with Crippen LogP contribution in [0.3, 0.4) is 0 Å². The van der Waals surface area contributed by atoms with Crippen LogP contribution in [-0.4, -0.2) is 25.8 Å². The number of benzene rings is 1. The molecule has 1 aliphatic rings. The first-order valence-electron chi connectivity index (χ1n) is 6.56. The molecule has 0 aromatic heterocycles. The Bertz CT molecular complexity index is 522. The first-order valence-corrected chi connectivity index (χ1v) is 8.00. The van der Waals surface area contributed by atoms with Crippen LogP contribution >= 0.6 is 0 Å². The molecule has 0 amide bonds. The summed E-state index contributed by atoms with van der Waals surface area (Å²) in [5.41, 5.74) is 7.18. The highest BCUT2D eigenvalue weighted by Gasteiger charge is 2.25. The fourth-order valence-corrected chi connectivity index (χ4v) is 3.42. The van der Waals surface area contributed by atoms with Crippen molar-refractivity contribution < 1.29 is 8.42 Å². The lowest BCUT2D eigenvalue weighted by atomic mass is 10.0. The van der Waals surface area contributed by atoms with Gasteiger partial charge in [0.1, 0.15) is 0 Å². The van der Waals surface area contributed by atoms with E-state index in [1.807, 2.05) is 12.1 Å². The number of nitrogens with zero attached hydrogens (tertiary/aromatic N) is 1. The molecule has 1 heterocycles. The first-order chi connectivity index (χ1) is 8.97. The van der Waals surface area contributed by atoms with E-state index in [0.29, 0.717) is 24.7 Å². The molecule has 0 radical (unpaired) electrons. The third-order valence-electron chi connectivity index (χ3n) is 3.49. The van der Waals surface area contributed by atoms with Gasteiger partial charge in [-0.1, -0.05) is 19.1 Å². The molecule has 0 unspecified atom stereocenters. The highest BCUT2D eigenvalue weighted by atomic mass is 32.2. The van der Waals surface area contributed by atoms with Crippen molar-refractivity contribution in [2.45, 2.75) is 26.3 Å². The van der Waals surface area contributed by atoms with Crippen molar-refractivity contribution in [2.75, 3.05) is 18.8 Å². The largest absolute Gasteiger partial charge is 0.399 e. The molecule has 0 saturated carbocycles. The van der Waals surface area contributed by atoms with Gasteiger partial charge in [0.2, 0.25) is 0 Å². The van der Waals surface area contributed by atoms with Crippen molar-refractivity contribution in [1.29, 1.82) is 0 Å². The van der Waals surface area contributed by atoms with E-state index in [-0.39, 0.29) is 6.54 Å². The van der Waals surface area contributed by atoms with E-state index in [4.69, 9.17) is 5.73 Å². The second kappa shape index (κ2) is 5.90. The molecule has 1 saturated heterocycles. The topological polar surface area (TPSA) is 75.4 Å². The maximum Gasteiger partial charge on any atom is 0.279 e. The molecule has 0 spiro atoms. The summed E-state index contributed by atoms with van der Waals surface area (Å²) in [5.74, 6) is 0.611. The predicted octanol–water partition coefficient (Wildman–Crippen LogP) is 1.34. The number of hydrogen-bond donors (Lipinski definition) is 2. The van der Waals surface area contributed by atoms with Crippen LogP contribution in [0.4, 0.5) is 5.69 Å². The van der Waals surface area contributed by atoms with Crippen molar-refractivity contribution >= 4 is 15.9 Å². The van der Waals surface area contributed by atoms with Gasteiger partial charge < -0.3 is 5.73 Å². The van der Waals surface area contributed by atoms with Gasteiger partial charge in [-0.25, -0.2) is 0 Å². The molecule has 3 N–H and O–H groups in total. The summed E-state index contributed by atoms with van der Waals surface area (Å²) in [6.45, 7) is 3.64. The van der Waals surface area contributed by atoms with Gasteiger partial charge in [-0.3, -0.25) is 0 Å². The average Bonchev–Trinajstić information content (AvgIpc) is 2.37. The van der Waals surface area contributed by atoms with Crippen LogP contribution in [0.1, 0.15) is 25.3 Å². The monoisotopic (exact) mass is 283 g/mol. The molecule has 19 heavy (non-hydrogen) atoms. The van der Waals surface area contributed by atoms with E-state index in [1.165, 1.54) is 4.31 Å². The maximum atomic E-state index is 12.1. The quantitative estimate of drug-likeness (QED) is 0.819. The van der Waals surface area contributed by atoms with Gasteiger partial charge in [0.15, 0.2) is 0 Å². The zero-order valence-electron chi connectivity index (χ0n) is 11.2. The zero-order valence-corrected chi connectivity index (χ0v) is 12.0. The minimum atomic E-state index is -3.38. The minimum absolute atomic E-state index is 0.277. The van der Waals surface area contributed by atoms with Gasteiger partial charge in [-0.2, -0.15) is 17.4 Å². The molecule has 0 aliphatic carbocycles. The summed E-state index contributed by atoms with van der Waals surface area (Å²) in [5, 5.41) is 0. The maximum absolute atomic E-state index is 12.1. The van der Waals surface area contributed by atoms with Gasteiger partial charge in [-0.15, -0.1) is 0 Å². The molecule has 5 nitrogen and oxygen atoms in total. The smallest absolute Gasteiger partial charge is 0.279 e. The number of anilines is 1. The highest BCUT2D eigenvalue weighted by Crippen LogP contribution is 2.18. The van der Waals surface area contributed by atoms with Crippen LogP contribution in [0.15, 0.2) is 24.3 Å². The Morgan fingerprint density at radius 3 is 2.68 bits per heavy atom. The molecule has 1 aliphatic heterocycles. The normalized spacial score (nSPS) is 18.6. The van der Waals surface area contributed by atoms with Crippen LogP contribution in [0.25, 0.3) is 0 Å². The van der Waals surface area contributed by atoms with Crippen LogP contribution in [-0.2, 0) is 16.8 Å². The second-order valence-electron chi connectivity index (χ2n) is 5.15. The summed E-state index contributed by atoms with van der Waals surface area (Å²) in [7, 11) is -3.38. The lowest BCUT2D eigenvalue weighted by molar-refractivity contribution is 0.285. The minimum Gasteiger partial charge on any atom is -0.399 e. The number of nitrogen functional groups attached to an aromatic ring is 1. The number of nitrogens with one attached hydrogen (secondary N) is 1. The zero-order chi connectivity index (χ0) is 13.9. The van der Waals surface area contributed by atoms with Crippen molar-refractivity contribution in [1.82, 2.24) is 9.03 Å².